The summed E-state index contributed by atoms with van der Waals surface area (Å²) in [7, 11) is 0. The third kappa shape index (κ3) is 5.96. The highest BCUT2D eigenvalue weighted by Crippen LogP contribution is 2.41. The van der Waals surface area contributed by atoms with Crippen LogP contribution in [0.15, 0.2) is 66.3 Å². The Kier molecular flexibility index (Phi) is 8.30. The van der Waals surface area contributed by atoms with Gasteiger partial charge in [0.2, 0.25) is 0 Å². The lowest BCUT2D eigenvalue weighted by molar-refractivity contribution is 0.328. The van der Waals surface area contributed by atoms with E-state index >= 15 is 0 Å². The number of unbranched alkanes of at least 4 members (excludes halogenated alkanes) is 2. The van der Waals surface area contributed by atoms with Gasteiger partial charge < -0.3 is 0 Å². The molecule has 3 aliphatic rings. The maximum absolute atomic E-state index is 4.52. The summed E-state index contributed by atoms with van der Waals surface area (Å²) < 4.78 is 0. The van der Waals surface area contributed by atoms with E-state index in [4.69, 9.17) is 0 Å². The average Bonchev–Trinajstić information content (AvgIpc) is 3.50. The Labute approximate surface area is 220 Å². The molecule has 0 heteroatoms. The van der Waals surface area contributed by atoms with Crippen LogP contribution in [0.3, 0.4) is 0 Å². The van der Waals surface area contributed by atoms with Crippen molar-refractivity contribution < 1.29 is 0 Å². The van der Waals surface area contributed by atoms with E-state index in [1.165, 1.54) is 105 Å². The van der Waals surface area contributed by atoms with Crippen molar-refractivity contribution in [2.45, 2.75) is 104 Å². The van der Waals surface area contributed by atoms with E-state index in [1.807, 2.05) is 0 Å². The number of hydrogen-bond acceptors (Lipinski definition) is 0. The summed E-state index contributed by atoms with van der Waals surface area (Å²) >= 11 is 0. The molecule has 0 radical (unpaired) electrons. The Morgan fingerprint density at radius 2 is 1.64 bits per heavy atom. The summed E-state index contributed by atoms with van der Waals surface area (Å²) in [6.45, 7) is 8.96. The molecular weight excluding hydrogens is 432 g/mol. The zero-order valence-electron chi connectivity index (χ0n) is 22.9. The van der Waals surface area contributed by atoms with Gasteiger partial charge in [0, 0.05) is 0 Å². The van der Waals surface area contributed by atoms with Gasteiger partial charge in [0.05, 0.1) is 0 Å². The third-order valence-electron chi connectivity index (χ3n) is 9.26. The van der Waals surface area contributed by atoms with E-state index in [0.29, 0.717) is 5.92 Å². The summed E-state index contributed by atoms with van der Waals surface area (Å²) in [5.41, 5.74) is 13.2. The van der Waals surface area contributed by atoms with Gasteiger partial charge in [-0.1, -0.05) is 106 Å². The van der Waals surface area contributed by atoms with Gasteiger partial charge in [0.1, 0.15) is 0 Å². The fourth-order valence-corrected chi connectivity index (χ4v) is 7.33. The molecule has 0 spiro atoms. The molecule has 5 rings (SSSR count). The first-order chi connectivity index (χ1) is 17.6. The Hall–Kier alpha value is -2.34. The van der Waals surface area contributed by atoms with Crippen LogP contribution in [0, 0.1) is 25.7 Å². The van der Waals surface area contributed by atoms with Crippen molar-refractivity contribution >= 4 is 5.57 Å². The molecule has 1 fully saturated rings. The minimum absolute atomic E-state index is 0.644. The number of rotatable bonds is 10. The van der Waals surface area contributed by atoms with Gasteiger partial charge in [-0.2, -0.15) is 0 Å². The van der Waals surface area contributed by atoms with Crippen molar-refractivity contribution in [3.63, 3.8) is 0 Å². The Morgan fingerprint density at radius 3 is 2.44 bits per heavy atom. The van der Waals surface area contributed by atoms with Crippen LogP contribution in [-0.2, 0) is 19.3 Å². The molecule has 3 aliphatic carbocycles. The molecule has 1 saturated carbocycles. The SMILES string of the molecule is C=C(CC1=CCC=C1C1Cc2ccc(CCCCCC3CCCCC3)cc2C1)c1c(C)cccc1C. The third-order valence-corrected chi connectivity index (χ3v) is 9.26. The molecule has 1 atom stereocenters. The van der Waals surface area contributed by atoms with E-state index in [0.717, 1.165) is 18.8 Å². The van der Waals surface area contributed by atoms with Crippen LogP contribution in [0.5, 0.6) is 0 Å². The fraction of sp³-hybridized carbons (Fsp3) is 0.500. The summed E-state index contributed by atoms with van der Waals surface area (Å²) in [4.78, 5) is 0. The first-order valence-corrected chi connectivity index (χ1v) is 14.8. The number of fused-ring (bicyclic) bond motifs is 1. The second kappa shape index (κ2) is 11.8. The highest BCUT2D eigenvalue weighted by molar-refractivity contribution is 5.72. The molecular formula is C36H46. The lowest BCUT2D eigenvalue weighted by atomic mass is 9.85. The summed E-state index contributed by atoms with van der Waals surface area (Å²) in [5.74, 6) is 1.68. The predicted molar refractivity (Wildman–Crippen MR) is 156 cm³/mol. The Morgan fingerprint density at radius 1 is 0.861 bits per heavy atom. The standard InChI is InChI=1S/C36H46/c1-26-12-10-13-27(2)36(26)28(3)22-32-18-11-19-35(32)34-24-31-21-20-30(23-33(31)25-34)17-9-5-8-16-29-14-6-4-7-15-29/h10,12-13,18-21,23,29,34H,3-9,11,14-17,22,24-25H2,1-2H3. The summed E-state index contributed by atoms with van der Waals surface area (Å²) in [6.07, 6.45) is 23.8. The molecule has 36 heavy (non-hydrogen) atoms. The van der Waals surface area contributed by atoms with Crippen molar-refractivity contribution in [1.29, 1.82) is 0 Å². The van der Waals surface area contributed by atoms with Crippen LogP contribution in [0.1, 0.15) is 104 Å². The summed E-state index contributed by atoms with van der Waals surface area (Å²) in [5, 5.41) is 0. The summed E-state index contributed by atoms with van der Waals surface area (Å²) in [6, 6.07) is 14.0. The van der Waals surface area contributed by atoms with Crippen molar-refractivity contribution in [2.75, 3.05) is 0 Å². The molecule has 1 unspecified atom stereocenters. The largest absolute Gasteiger partial charge is 0.0949 e. The normalized spacial score (nSPS) is 19.8. The topological polar surface area (TPSA) is 0 Å². The number of allylic oxidation sites excluding steroid dienone is 5. The van der Waals surface area contributed by atoms with Gasteiger partial charge in [-0.25, -0.2) is 0 Å². The minimum atomic E-state index is 0.644. The van der Waals surface area contributed by atoms with Crippen molar-refractivity contribution in [3.8, 4) is 0 Å². The van der Waals surface area contributed by atoms with Crippen LogP contribution in [0.4, 0.5) is 0 Å². The van der Waals surface area contributed by atoms with Crippen LogP contribution in [0.25, 0.3) is 5.57 Å². The van der Waals surface area contributed by atoms with E-state index in [2.05, 4.69) is 69.0 Å². The molecule has 2 aromatic rings. The zero-order chi connectivity index (χ0) is 24.9. The number of benzene rings is 2. The molecule has 0 nitrogen and oxygen atoms in total. The van der Waals surface area contributed by atoms with E-state index < -0.39 is 0 Å². The fourth-order valence-electron chi connectivity index (χ4n) is 7.33. The van der Waals surface area contributed by atoms with E-state index in [9.17, 15) is 0 Å². The molecule has 0 amide bonds. The molecule has 2 aromatic carbocycles. The van der Waals surface area contributed by atoms with Crippen LogP contribution < -0.4 is 0 Å². The van der Waals surface area contributed by atoms with Gasteiger partial charge in [-0.15, -0.1) is 0 Å². The molecule has 0 aromatic heterocycles. The lowest BCUT2D eigenvalue weighted by Crippen LogP contribution is -2.06. The van der Waals surface area contributed by atoms with Gasteiger partial charge in [-0.3, -0.25) is 0 Å². The second-order valence-electron chi connectivity index (χ2n) is 12.0. The smallest absolute Gasteiger partial charge is 0.00258 e. The lowest BCUT2D eigenvalue weighted by Gasteiger charge is -2.21. The first-order valence-electron chi connectivity index (χ1n) is 14.8. The van der Waals surface area contributed by atoms with Crippen molar-refractivity contribution in [1.82, 2.24) is 0 Å². The van der Waals surface area contributed by atoms with Gasteiger partial charge >= 0.3 is 0 Å². The number of aryl methyl sites for hydroxylation is 3. The molecule has 190 valence electrons. The van der Waals surface area contributed by atoms with Crippen molar-refractivity contribution in [3.05, 3.63) is 99.7 Å². The molecule has 0 saturated heterocycles. The quantitative estimate of drug-likeness (QED) is 0.298. The van der Waals surface area contributed by atoms with E-state index in [-0.39, 0.29) is 0 Å². The number of hydrogen-bond donors (Lipinski definition) is 0. The highest BCUT2D eigenvalue weighted by Gasteiger charge is 2.28. The maximum Gasteiger partial charge on any atom is -0.00258 e. The van der Waals surface area contributed by atoms with Crippen molar-refractivity contribution in [2.24, 2.45) is 11.8 Å². The molecule has 0 aliphatic heterocycles. The first kappa shape index (κ1) is 25.3. The Bertz CT molecular complexity index is 1110. The maximum atomic E-state index is 4.52. The molecule has 0 bridgehead atoms. The van der Waals surface area contributed by atoms with Gasteiger partial charge in [-0.05, 0) is 114 Å². The van der Waals surface area contributed by atoms with Gasteiger partial charge in [0.25, 0.3) is 0 Å². The molecule has 0 heterocycles. The minimum Gasteiger partial charge on any atom is -0.0949 e. The van der Waals surface area contributed by atoms with Crippen LogP contribution >= 0.6 is 0 Å². The second-order valence-corrected chi connectivity index (χ2v) is 12.0. The zero-order valence-corrected chi connectivity index (χ0v) is 22.9. The van der Waals surface area contributed by atoms with Crippen LogP contribution in [-0.4, -0.2) is 0 Å². The predicted octanol–water partition coefficient (Wildman–Crippen LogP) is 10.1. The highest BCUT2D eigenvalue weighted by atomic mass is 14.3. The van der Waals surface area contributed by atoms with Crippen LogP contribution in [0.2, 0.25) is 0 Å². The monoisotopic (exact) mass is 478 g/mol. The Balaban J connectivity index is 1.13. The van der Waals surface area contributed by atoms with Gasteiger partial charge in [0.15, 0.2) is 0 Å². The molecule has 0 N–H and O–H groups in total. The van der Waals surface area contributed by atoms with E-state index in [1.54, 1.807) is 22.3 Å². The average molecular weight is 479 g/mol.